The van der Waals surface area contributed by atoms with Crippen LogP contribution in [0.3, 0.4) is 0 Å². The van der Waals surface area contributed by atoms with Gasteiger partial charge < -0.3 is 9.82 Å². The van der Waals surface area contributed by atoms with E-state index in [0.29, 0.717) is 0 Å². The number of nitrogens with one attached hydrogen (secondary N) is 1. The third-order valence-electron chi connectivity index (χ3n) is 1.86. The monoisotopic (exact) mass is 167 g/mol. The lowest BCUT2D eigenvalue weighted by Crippen LogP contribution is -1.85. The van der Waals surface area contributed by atoms with Crippen molar-refractivity contribution in [2.45, 2.75) is 6.42 Å². The molecule has 11 heavy (non-hydrogen) atoms. The third kappa shape index (κ3) is 1.19. The highest BCUT2D eigenvalue weighted by atomic mass is 31.0. The van der Waals surface area contributed by atoms with Crippen LogP contribution in [-0.4, -0.2) is 6.61 Å². The van der Waals surface area contributed by atoms with E-state index in [1.807, 2.05) is 12.1 Å². The number of ether oxygens (including phenoxy) is 1. The summed E-state index contributed by atoms with van der Waals surface area (Å²) in [6.07, 6.45) is 1.04. The van der Waals surface area contributed by atoms with Gasteiger partial charge in [-0.25, -0.2) is 0 Å². The maximum Gasteiger partial charge on any atom is 0.122 e. The molecule has 0 saturated heterocycles. The van der Waals surface area contributed by atoms with Crippen molar-refractivity contribution in [3.8, 4) is 5.75 Å². The van der Waals surface area contributed by atoms with Gasteiger partial charge in [0.25, 0.3) is 0 Å². The summed E-state index contributed by atoms with van der Waals surface area (Å²) in [7, 11) is 2.48. The average molecular weight is 167 g/mol. The molecule has 0 aliphatic carbocycles. The Kier molecular flexibility index (Phi) is 1.71. The molecule has 0 bridgehead atoms. The predicted octanol–water partition coefficient (Wildman–Crippen LogP) is 1.82. The minimum Gasteiger partial charge on any atom is -0.493 e. The van der Waals surface area contributed by atoms with Gasteiger partial charge in [-0.3, -0.25) is 0 Å². The van der Waals surface area contributed by atoms with Crippen LogP contribution in [0.4, 0.5) is 5.69 Å². The smallest absolute Gasteiger partial charge is 0.122 e. The van der Waals surface area contributed by atoms with Crippen LogP contribution in [0.5, 0.6) is 5.75 Å². The lowest BCUT2D eigenvalue weighted by atomic mass is 10.1. The predicted molar refractivity (Wildman–Crippen MR) is 49.0 cm³/mol. The summed E-state index contributed by atoms with van der Waals surface area (Å²) >= 11 is 0. The van der Waals surface area contributed by atoms with Crippen LogP contribution in [0.15, 0.2) is 18.2 Å². The molecule has 1 heterocycles. The number of benzene rings is 1. The number of fused-ring (bicyclic) bond motifs is 1. The van der Waals surface area contributed by atoms with Crippen molar-refractivity contribution in [2.24, 2.45) is 0 Å². The second-order valence-electron chi connectivity index (χ2n) is 2.57. The van der Waals surface area contributed by atoms with Crippen molar-refractivity contribution in [1.82, 2.24) is 0 Å². The van der Waals surface area contributed by atoms with Gasteiger partial charge >= 0.3 is 0 Å². The zero-order valence-electron chi connectivity index (χ0n) is 6.13. The normalized spacial score (nSPS) is 13.9. The van der Waals surface area contributed by atoms with Gasteiger partial charge in [-0.15, -0.1) is 0 Å². The van der Waals surface area contributed by atoms with Gasteiger partial charge in [0.1, 0.15) is 5.75 Å². The van der Waals surface area contributed by atoms with Crippen molar-refractivity contribution in [3.63, 3.8) is 0 Å². The Balaban J connectivity index is 2.41. The Morgan fingerprint density at radius 2 is 2.36 bits per heavy atom. The standard InChI is InChI=1S/C8H10NOP/c11-9-7-1-2-8-6(5-7)3-4-10-8/h1-2,5,9H,3-4,11H2. The highest BCUT2D eigenvalue weighted by molar-refractivity contribution is 7.18. The molecule has 1 aliphatic rings. The summed E-state index contributed by atoms with van der Waals surface area (Å²) in [6, 6.07) is 6.14. The van der Waals surface area contributed by atoms with Gasteiger partial charge in [0.2, 0.25) is 0 Å². The van der Waals surface area contributed by atoms with Gasteiger partial charge in [-0.2, -0.15) is 0 Å². The van der Waals surface area contributed by atoms with Crippen LogP contribution < -0.4 is 9.82 Å². The Labute approximate surface area is 68.2 Å². The minimum absolute atomic E-state index is 0.829. The molecule has 1 N–H and O–H groups in total. The maximum atomic E-state index is 5.36. The molecule has 0 saturated carbocycles. The van der Waals surface area contributed by atoms with Gasteiger partial charge in [0.05, 0.1) is 6.61 Å². The first-order valence-electron chi connectivity index (χ1n) is 3.62. The number of hydrogen-bond acceptors (Lipinski definition) is 2. The first-order chi connectivity index (χ1) is 5.40. The van der Waals surface area contributed by atoms with Crippen molar-refractivity contribution in [1.29, 1.82) is 0 Å². The fraction of sp³-hybridized carbons (Fsp3) is 0.250. The van der Waals surface area contributed by atoms with Crippen molar-refractivity contribution >= 4 is 15.1 Å². The molecule has 0 aromatic heterocycles. The fourth-order valence-electron chi connectivity index (χ4n) is 1.28. The molecule has 0 fully saturated rings. The number of hydrogen-bond donors (Lipinski definition) is 1. The average Bonchev–Trinajstić information content (AvgIpc) is 2.50. The van der Waals surface area contributed by atoms with Gasteiger partial charge in [0, 0.05) is 12.1 Å². The van der Waals surface area contributed by atoms with E-state index in [2.05, 4.69) is 20.5 Å². The number of rotatable bonds is 1. The maximum absolute atomic E-state index is 5.36. The van der Waals surface area contributed by atoms with Crippen molar-refractivity contribution in [2.75, 3.05) is 11.7 Å². The lowest BCUT2D eigenvalue weighted by Gasteiger charge is -2.01. The first kappa shape index (κ1) is 6.93. The fourth-order valence-corrected chi connectivity index (χ4v) is 1.46. The van der Waals surface area contributed by atoms with E-state index in [9.17, 15) is 0 Å². The van der Waals surface area contributed by atoms with E-state index in [4.69, 9.17) is 4.74 Å². The summed E-state index contributed by atoms with van der Waals surface area (Å²) in [5.41, 5.74) is 2.43. The zero-order chi connectivity index (χ0) is 7.68. The van der Waals surface area contributed by atoms with Crippen molar-refractivity contribution < 1.29 is 4.74 Å². The molecule has 0 spiro atoms. The molecular formula is C8H10NOP. The summed E-state index contributed by atoms with van der Waals surface area (Å²) in [5.74, 6) is 1.04. The molecule has 2 nitrogen and oxygen atoms in total. The lowest BCUT2D eigenvalue weighted by molar-refractivity contribution is 0.357. The molecule has 1 unspecified atom stereocenters. The van der Waals surface area contributed by atoms with Crippen LogP contribution in [0.25, 0.3) is 0 Å². The summed E-state index contributed by atoms with van der Waals surface area (Å²) in [5, 5.41) is 3.02. The third-order valence-corrected chi connectivity index (χ3v) is 2.19. The van der Waals surface area contributed by atoms with Gasteiger partial charge in [-0.1, -0.05) is 0 Å². The first-order valence-corrected chi connectivity index (χ1v) is 4.20. The number of anilines is 1. The van der Waals surface area contributed by atoms with E-state index >= 15 is 0 Å². The van der Waals surface area contributed by atoms with E-state index in [1.54, 1.807) is 0 Å². The Morgan fingerprint density at radius 1 is 1.45 bits per heavy atom. The summed E-state index contributed by atoms with van der Waals surface area (Å²) in [4.78, 5) is 0. The Morgan fingerprint density at radius 3 is 3.18 bits per heavy atom. The van der Waals surface area contributed by atoms with E-state index < -0.39 is 0 Å². The molecule has 0 amide bonds. The quantitative estimate of drug-likeness (QED) is 0.644. The van der Waals surface area contributed by atoms with Gasteiger partial charge in [-0.05, 0) is 33.2 Å². The topological polar surface area (TPSA) is 21.3 Å². The second-order valence-corrected chi connectivity index (χ2v) is 2.85. The molecule has 2 rings (SSSR count). The van der Waals surface area contributed by atoms with E-state index in [1.165, 1.54) is 5.56 Å². The molecular weight excluding hydrogens is 157 g/mol. The second kappa shape index (κ2) is 2.71. The Hall–Kier alpha value is -0.750. The molecule has 1 aliphatic heterocycles. The highest BCUT2D eigenvalue weighted by Crippen LogP contribution is 2.27. The van der Waals surface area contributed by atoms with Crippen LogP contribution in [-0.2, 0) is 6.42 Å². The van der Waals surface area contributed by atoms with Crippen molar-refractivity contribution in [3.05, 3.63) is 23.8 Å². The SMILES string of the molecule is PNc1ccc2c(c1)CCO2. The van der Waals surface area contributed by atoms with Gasteiger partial charge in [0.15, 0.2) is 0 Å². The molecule has 58 valence electrons. The van der Waals surface area contributed by atoms with Crippen LogP contribution >= 0.6 is 9.39 Å². The van der Waals surface area contributed by atoms with Crippen LogP contribution in [0.1, 0.15) is 5.56 Å². The van der Waals surface area contributed by atoms with Crippen LogP contribution in [0.2, 0.25) is 0 Å². The summed E-state index contributed by atoms with van der Waals surface area (Å²) < 4.78 is 5.36. The molecule has 3 heteroatoms. The Bertz CT molecular complexity index is 275. The molecule has 1 aromatic carbocycles. The highest BCUT2D eigenvalue weighted by Gasteiger charge is 2.10. The molecule has 0 radical (unpaired) electrons. The van der Waals surface area contributed by atoms with Crippen LogP contribution in [0, 0.1) is 0 Å². The molecule has 1 aromatic rings. The minimum atomic E-state index is 0.829. The summed E-state index contributed by atoms with van der Waals surface area (Å²) in [6.45, 7) is 0.829. The van der Waals surface area contributed by atoms with E-state index in [-0.39, 0.29) is 0 Å². The molecule has 1 atom stereocenters. The zero-order valence-corrected chi connectivity index (χ0v) is 7.29. The van der Waals surface area contributed by atoms with E-state index in [0.717, 1.165) is 24.5 Å². The largest absolute Gasteiger partial charge is 0.493 e.